The van der Waals surface area contributed by atoms with Crippen LogP contribution in [0.3, 0.4) is 0 Å². The van der Waals surface area contributed by atoms with Gasteiger partial charge < -0.3 is 15.2 Å². The van der Waals surface area contributed by atoms with Gasteiger partial charge in [0.1, 0.15) is 0 Å². The zero-order valence-electron chi connectivity index (χ0n) is 14.9. The first-order chi connectivity index (χ1) is 12.1. The molecule has 6 heteroatoms. The number of likely N-dealkylation sites (tertiary alicyclic amines) is 1. The minimum atomic E-state index is -0.137. The van der Waals surface area contributed by atoms with Gasteiger partial charge in [-0.25, -0.2) is 4.98 Å². The van der Waals surface area contributed by atoms with Crippen LogP contribution in [0, 0.1) is 6.92 Å². The van der Waals surface area contributed by atoms with Crippen molar-refractivity contribution < 1.29 is 9.84 Å². The highest BCUT2D eigenvalue weighted by Gasteiger charge is 2.17. The number of ether oxygens (including phenoxy) is 1. The van der Waals surface area contributed by atoms with Crippen molar-refractivity contribution in [3.63, 3.8) is 0 Å². The van der Waals surface area contributed by atoms with E-state index in [1.54, 1.807) is 7.11 Å². The molecule has 3 rings (SSSR count). The average Bonchev–Trinajstić information content (AvgIpc) is 2.62. The SMILES string of the molecule is COc1cc(C)nc(NCc2ccccc2CN2CCC(O)CC2)n1. The van der Waals surface area contributed by atoms with Crippen molar-refractivity contribution >= 4 is 5.95 Å². The van der Waals surface area contributed by atoms with Crippen molar-refractivity contribution in [1.29, 1.82) is 0 Å². The Hall–Kier alpha value is -2.18. The largest absolute Gasteiger partial charge is 0.481 e. The predicted octanol–water partition coefficient (Wildman–Crippen LogP) is 2.36. The first kappa shape index (κ1) is 17.6. The van der Waals surface area contributed by atoms with Crippen molar-refractivity contribution in [3.8, 4) is 5.88 Å². The Kier molecular flexibility index (Phi) is 5.83. The molecule has 2 N–H and O–H groups in total. The molecule has 0 saturated carbocycles. The van der Waals surface area contributed by atoms with Gasteiger partial charge in [0.05, 0.1) is 13.2 Å². The number of aliphatic hydroxyl groups excluding tert-OH is 1. The van der Waals surface area contributed by atoms with E-state index in [0.717, 1.165) is 38.2 Å². The van der Waals surface area contributed by atoms with E-state index in [-0.39, 0.29) is 6.10 Å². The quantitative estimate of drug-likeness (QED) is 0.840. The highest BCUT2D eigenvalue weighted by atomic mass is 16.5. The maximum absolute atomic E-state index is 9.66. The highest BCUT2D eigenvalue weighted by molar-refractivity contribution is 5.35. The summed E-state index contributed by atoms with van der Waals surface area (Å²) in [4.78, 5) is 11.1. The van der Waals surface area contributed by atoms with Gasteiger partial charge in [-0.15, -0.1) is 0 Å². The molecule has 0 aliphatic carbocycles. The molecule has 1 fully saturated rings. The molecular weight excluding hydrogens is 316 g/mol. The van der Waals surface area contributed by atoms with Crippen LogP contribution >= 0.6 is 0 Å². The van der Waals surface area contributed by atoms with Crippen LogP contribution in [0.25, 0.3) is 0 Å². The second-order valence-corrected chi connectivity index (χ2v) is 6.50. The molecule has 0 radical (unpaired) electrons. The lowest BCUT2D eigenvalue weighted by Gasteiger charge is -2.30. The van der Waals surface area contributed by atoms with Gasteiger partial charge in [0.15, 0.2) is 0 Å². The van der Waals surface area contributed by atoms with E-state index in [4.69, 9.17) is 4.74 Å². The van der Waals surface area contributed by atoms with Gasteiger partial charge in [-0.2, -0.15) is 4.98 Å². The smallest absolute Gasteiger partial charge is 0.226 e. The molecule has 6 nitrogen and oxygen atoms in total. The topological polar surface area (TPSA) is 70.5 Å². The van der Waals surface area contributed by atoms with Crippen LogP contribution in [-0.4, -0.2) is 46.3 Å². The number of methoxy groups -OCH3 is 1. The summed E-state index contributed by atoms with van der Waals surface area (Å²) in [6.07, 6.45) is 1.58. The predicted molar refractivity (Wildman–Crippen MR) is 97.6 cm³/mol. The molecule has 25 heavy (non-hydrogen) atoms. The molecule has 0 bridgehead atoms. The van der Waals surface area contributed by atoms with Gasteiger partial charge in [-0.1, -0.05) is 24.3 Å². The number of hydrogen-bond acceptors (Lipinski definition) is 6. The number of piperidine rings is 1. The van der Waals surface area contributed by atoms with Gasteiger partial charge in [0.2, 0.25) is 11.8 Å². The van der Waals surface area contributed by atoms with E-state index in [0.29, 0.717) is 18.4 Å². The lowest BCUT2D eigenvalue weighted by molar-refractivity contribution is 0.0791. The van der Waals surface area contributed by atoms with E-state index in [9.17, 15) is 5.11 Å². The van der Waals surface area contributed by atoms with Crippen LogP contribution in [-0.2, 0) is 13.1 Å². The summed E-state index contributed by atoms with van der Waals surface area (Å²) in [5, 5.41) is 13.0. The molecule has 1 aromatic carbocycles. The van der Waals surface area contributed by atoms with Gasteiger partial charge >= 0.3 is 0 Å². The Morgan fingerprint density at radius 3 is 2.64 bits per heavy atom. The molecule has 2 aromatic rings. The molecule has 1 aliphatic rings. The average molecular weight is 342 g/mol. The summed E-state index contributed by atoms with van der Waals surface area (Å²) in [6.45, 7) is 5.39. The van der Waals surface area contributed by atoms with Crippen molar-refractivity contribution in [3.05, 3.63) is 47.2 Å². The Balaban J connectivity index is 1.66. The first-order valence-electron chi connectivity index (χ1n) is 8.75. The zero-order valence-corrected chi connectivity index (χ0v) is 14.9. The summed E-state index contributed by atoms with van der Waals surface area (Å²) in [5.74, 6) is 1.14. The second-order valence-electron chi connectivity index (χ2n) is 6.50. The molecule has 0 amide bonds. The zero-order chi connectivity index (χ0) is 17.6. The fourth-order valence-corrected chi connectivity index (χ4v) is 3.10. The number of rotatable bonds is 6. The lowest BCUT2D eigenvalue weighted by Crippen LogP contribution is -2.35. The number of anilines is 1. The van der Waals surface area contributed by atoms with E-state index in [1.807, 2.05) is 13.0 Å². The van der Waals surface area contributed by atoms with Gasteiger partial charge in [-0.05, 0) is 30.9 Å². The van der Waals surface area contributed by atoms with E-state index < -0.39 is 0 Å². The van der Waals surface area contributed by atoms with Gasteiger partial charge in [0.25, 0.3) is 0 Å². The summed E-state index contributed by atoms with van der Waals surface area (Å²) < 4.78 is 5.20. The number of hydrogen-bond donors (Lipinski definition) is 2. The molecule has 2 heterocycles. The third-order valence-corrected chi connectivity index (χ3v) is 4.55. The van der Waals surface area contributed by atoms with Crippen molar-refractivity contribution in [1.82, 2.24) is 14.9 Å². The lowest BCUT2D eigenvalue weighted by atomic mass is 10.0. The fraction of sp³-hybridized carbons (Fsp3) is 0.474. The highest BCUT2D eigenvalue weighted by Crippen LogP contribution is 2.18. The number of aromatic nitrogens is 2. The fourth-order valence-electron chi connectivity index (χ4n) is 3.10. The van der Waals surface area contributed by atoms with Crippen LogP contribution in [0.15, 0.2) is 30.3 Å². The first-order valence-corrected chi connectivity index (χ1v) is 8.75. The Labute approximate surface area is 148 Å². The van der Waals surface area contributed by atoms with Crippen molar-refractivity contribution in [2.45, 2.75) is 39.0 Å². The van der Waals surface area contributed by atoms with Crippen LogP contribution in [0.4, 0.5) is 5.95 Å². The third kappa shape index (κ3) is 4.90. The summed E-state index contributed by atoms with van der Waals surface area (Å²) in [7, 11) is 1.61. The number of aliphatic hydroxyl groups is 1. The molecule has 0 spiro atoms. The normalized spacial score (nSPS) is 16.0. The number of nitrogens with one attached hydrogen (secondary N) is 1. The standard InChI is InChI=1S/C19H26N4O2/c1-14-11-18(25-2)22-19(21-14)20-12-15-5-3-4-6-16(15)13-23-9-7-17(24)8-10-23/h3-6,11,17,24H,7-10,12-13H2,1-2H3,(H,20,21,22). The van der Waals surface area contributed by atoms with E-state index >= 15 is 0 Å². The second kappa shape index (κ2) is 8.27. The third-order valence-electron chi connectivity index (χ3n) is 4.55. The summed E-state index contributed by atoms with van der Waals surface area (Å²) in [6, 6.07) is 10.2. The van der Waals surface area contributed by atoms with Crippen LogP contribution in [0.1, 0.15) is 29.7 Å². The molecule has 0 atom stereocenters. The maximum atomic E-state index is 9.66. The van der Waals surface area contributed by atoms with Crippen LogP contribution in [0.5, 0.6) is 5.88 Å². The number of benzene rings is 1. The maximum Gasteiger partial charge on any atom is 0.226 e. The molecule has 134 valence electrons. The minimum absolute atomic E-state index is 0.137. The van der Waals surface area contributed by atoms with E-state index in [2.05, 4.69) is 44.5 Å². The number of nitrogens with zero attached hydrogens (tertiary/aromatic N) is 3. The monoisotopic (exact) mass is 342 g/mol. The Morgan fingerprint density at radius 2 is 1.92 bits per heavy atom. The van der Waals surface area contributed by atoms with E-state index in [1.165, 1.54) is 11.1 Å². The summed E-state index contributed by atoms with van der Waals surface area (Å²) >= 11 is 0. The van der Waals surface area contributed by atoms with Gasteiger partial charge in [0, 0.05) is 37.9 Å². The molecule has 0 unspecified atom stereocenters. The summed E-state index contributed by atoms with van der Waals surface area (Å²) in [5.41, 5.74) is 3.40. The van der Waals surface area contributed by atoms with Crippen LogP contribution < -0.4 is 10.1 Å². The molecule has 1 aromatic heterocycles. The number of aryl methyl sites for hydroxylation is 1. The van der Waals surface area contributed by atoms with Crippen molar-refractivity contribution in [2.24, 2.45) is 0 Å². The van der Waals surface area contributed by atoms with Crippen molar-refractivity contribution in [2.75, 3.05) is 25.5 Å². The Bertz CT molecular complexity index is 700. The molecule has 1 aliphatic heterocycles. The van der Waals surface area contributed by atoms with Crippen LogP contribution in [0.2, 0.25) is 0 Å². The molecule has 1 saturated heterocycles. The van der Waals surface area contributed by atoms with Gasteiger partial charge in [-0.3, -0.25) is 4.90 Å². The molecular formula is C19H26N4O2. The Morgan fingerprint density at radius 1 is 1.20 bits per heavy atom. The minimum Gasteiger partial charge on any atom is -0.481 e.